The number of carbonyl (C=O) groups excluding carboxylic acids is 1. The van der Waals surface area contributed by atoms with E-state index in [4.69, 9.17) is 4.42 Å². The minimum Gasteiger partial charge on any atom is -0.419 e. The quantitative estimate of drug-likeness (QED) is 0.668. The number of thiophene rings is 1. The van der Waals surface area contributed by atoms with Gasteiger partial charge in [0.2, 0.25) is 11.8 Å². The van der Waals surface area contributed by atoms with Crippen molar-refractivity contribution in [2.75, 3.05) is 6.54 Å². The molecule has 0 bridgehead atoms. The Balaban J connectivity index is 1.49. The Kier molecular flexibility index (Phi) is 5.60. The van der Waals surface area contributed by atoms with E-state index in [0.29, 0.717) is 31.2 Å². The summed E-state index contributed by atoms with van der Waals surface area (Å²) >= 11 is 1.70. The molecule has 0 fully saturated rings. The first-order chi connectivity index (χ1) is 12.2. The lowest BCUT2D eigenvalue weighted by atomic mass is 10.3. The van der Waals surface area contributed by atoms with Gasteiger partial charge in [0, 0.05) is 30.8 Å². The van der Waals surface area contributed by atoms with Crippen molar-refractivity contribution in [2.24, 2.45) is 0 Å². The second-order valence-corrected chi connectivity index (χ2v) is 6.70. The van der Waals surface area contributed by atoms with Crippen LogP contribution < -0.4 is 5.32 Å². The third kappa shape index (κ3) is 4.54. The van der Waals surface area contributed by atoms with Gasteiger partial charge in [0.1, 0.15) is 5.69 Å². The average molecular weight is 359 g/mol. The lowest BCUT2D eigenvalue weighted by Gasteiger charge is -2.02. The molecule has 132 valence electrons. The van der Waals surface area contributed by atoms with E-state index in [2.05, 4.69) is 26.7 Å². The molecule has 1 amide bonds. The Labute approximate surface area is 150 Å². The number of rotatable bonds is 8. The summed E-state index contributed by atoms with van der Waals surface area (Å²) in [4.78, 5) is 13.2. The SMILES string of the molecule is CCn1nc(C)cc1-c1nnc(CCC(=O)NCCc2cccs2)o1. The molecule has 3 aromatic rings. The van der Waals surface area contributed by atoms with Gasteiger partial charge < -0.3 is 9.73 Å². The summed E-state index contributed by atoms with van der Waals surface area (Å²) in [6.07, 6.45) is 1.61. The van der Waals surface area contributed by atoms with E-state index in [0.717, 1.165) is 24.4 Å². The van der Waals surface area contributed by atoms with Gasteiger partial charge in [-0.05, 0) is 37.8 Å². The van der Waals surface area contributed by atoms with Crippen LogP contribution in [-0.2, 0) is 24.2 Å². The first-order valence-corrected chi connectivity index (χ1v) is 9.20. The molecule has 0 aliphatic rings. The maximum absolute atomic E-state index is 11.9. The van der Waals surface area contributed by atoms with Crippen molar-refractivity contribution in [3.8, 4) is 11.6 Å². The Bertz CT molecular complexity index is 822. The highest BCUT2D eigenvalue weighted by Crippen LogP contribution is 2.19. The Morgan fingerprint density at radius 1 is 1.36 bits per heavy atom. The van der Waals surface area contributed by atoms with Crippen molar-refractivity contribution in [3.63, 3.8) is 0 Å². The van der Waals surface area contributed by atoms with E-state index in [-0.39, 0.29) is 5.91 Å². The van der Waals surface area contributed by atoms with E-state index < -0.39 is 0 Å². The lowest BCUT2D eigenvalue weighted by molar-refractivity contribution is -0.121. The maximum atomic E-state index is 11.9. The van der Waals surface area contributed by atoms with Crippen LogP contribution in [0.3, 0.4) is 0 Å². The molecule has 25 heavy (non-hydrogen) atoms. The summed E-state index contributed by atoms with van der Waals surface area (Å²) in [5.41, 5.74) is 1.71. The summed E-state index contributed by atoms with van der Waals surface area (Å²) in [7, 11) is 0. The average Bonchev–Trinajstić information content (AvgIpc) is 3.33. The Hall–Kier alpha value is -2.48. The smallest absolute Gasteiger partial charge is 0.265 e. The van der Waals surface area contributed by atoms with Crippen LogP contribution in [0.25, 0.3) is 11.6 Å². The predicted octanol–water partition coefficient (Wildman–Crippen LogP) is 2.61. The Morgan fingerprint density at radius 3 is 3.00 bits per heavy atom. The Morgan fingerprint density at radius 2 is 2.24 bits per heavy atom. The monoisotopic (exact) mass is 359 g/mol. The molecule has 3 heterocycles. The van der Waals surface area contributed by atoms with E-state index in [9.17, 15) is 4.79 Å². The number of nitrogens with one attached hydrogen (secondary N) is 1. The highest BCUT2D eigenvalue weighted by atomic mass is 32.1. The molecule has 7 nitrogen and oxygen atoms in total. The van der Waals surface area contributed by atoms with E-state index in [1.807, 2.05) is 36.0 Å². The fourth-order valence-electron chi connectivity index (χ4n) is 2.51. The normalized spacial score (nSPS) is 11.0. The van der Waals surface area contributed by atoms with Crippen LogP contribution in [0.4, 0.5) is 0 Å². The maximum Gasteiger partial charge on any atom is 0.265 e. The first-order valence-electron chi connectivity index (χ1n) is 8.32. The molecule has 8 heteroatoms. The van der Waals surface area contributed by atoms with Gasteiger partial charge in [0.15, 0.2) is 0 Å². The number of hydrogen-bond acceptors (Lipinski definition) is 6. The van der Waals surface area contributed by atoms with Gasteiger partial charge in [0.25, 0.3) is 5.89 Å². The van der Waals surface area contributed by atoms with Crippen molar-refractivity contribution in [2.45, 2.75) is 39.7 Å². The highest BCUT2D eigenvalue weighted by molar-refractivity contribution is 7.09. The molecule has 0 aliphatic heterocycles. The fraction of sp³-hybridized carbons (Fsp3) is 0.412. The molecular formula is C17H21N5O2S. The molecule has 3 rings (SSSR count). The van der Waals surface area contributed by atoms with Gasteiger partial charge in [-0.3, -0.25) is 9.48 Å². The molecule has 0 radical (unpaired) electrons. The highest BCUT2D eigenvalue weighted by Gasteiger charge is 2.15. The molecule has 0 spiro atoms. The van der Waals surface area contributed by atoms with Crippen LogP contribution in [0, 0.1) is 6.92 Å². The van der Waals surface area contributed by atoms with Crippen molar-refractivity contribution in [3.05, 3.63) is 40.0 Å². The van der Waals surface area contributed by atoms with Crippen LogP contribution in [0.1, 0.15) is 29.8 Å². The van der Waals surface area contributed by atoms with Crippen LogP contribution >= 0.6 is 11.3 Å². The zero-order valence-electron chi connectivity index (χ0n) is 14.4. The molecule has 0 aromatic carbocycles. The molecule has 0 saturated heterocycles. The second-order valence-electron chi connectivity index (χ2n) is 5.67. The fourth-order valence-corrected chi connectivity index (χ4v) is 3.21. The van der Waals surface area contributed by atoms with Gasteiger partial charge in [-0.15, -0.1) is 21.5 Å². The third-order valence-corrected chi connectivity index (χ3v) is 4.66. The standard InChI is InChI=1S/C17H21N5O2S/c1-3-22-14(11-12(2)21-22)17-20-19-16(24-17)7-6-15(23)18-9-8-13-5-4-10-25-13/h4-5,10-11H,3,6-9H2,1-2H3,(H,18,23). The number of amides is 1. The van der Waals surface area contributed by atoms with Crippen molar-refractivity contribution in [1.82, 2.24) is 25.3 Å². The molecule has 0 saturated carbocycles. The molecule has 3 aromatic heterocycles. The summed E-state index contributed by atoms with van der Waals surface area (Å²) in [5.74, 6) is 0.895. The summed E-state index contributed by atoms with van der Waals surface area (Å²) < 4.78 is 7.50. The zero-order chi connectivity index (χ0) is 17.6. The minimum atomic E-state index is -0.00856. The van der Waals surface area contributed by atoms with E-state index in [1.165, 1.54) is 4.88 Å². The largest absolute Gasteiger partial charge is 0.419 e. The number of carbonyl (C=O) groups is 1. The molecule has 1 N–H and O–H groups in total. The van der Waals surface area contributed by atoms with Gasteiger partial charge in [-0.25, -0.2) is 0 Å². The predicted molar refractivity (Wildman–Crippen MR) is 95.3 cm³/mol. The summed E-state index contributed by atoms with van der Waals surface area (Å²) in [5, 5.41) is 17.4. The van der Waals surface area contributed by atoms with Crippen molar-refractivity contribution < 1.29 is 9.21 Å². The van der Waals surface area contributed by atoms with Crippen LogP contribution in [0.5, 0.6) is 0 Å². The van der Waals surface area contributed by atoms with Gasteiger partial charge >= 0.3 is 0 Å². The molecule has 0 atom stereocenters. The number of aromatic nitrogens is 4. The topological polar surface area (TPSA) is 85.8 Å². The van der Waals surface area contributed by atoms with Crippen LogP contribution in [0.2, 0.25) is 0 Å². The summed E-state index contributed by atoms with van der Waals surface area (Å²) in [6, 6.07) is 6.00. The lowest BCUT2D eigenvalue weighted by Crippen LogP contribution is -2.25. The first kappa shape index (κ1) is 17.3. The molecule has 0 aliphatic carbocycles. The third-order valence-electron chi connectivity index (χ3n) is 3.73. The van der Waals surface area contributed by atoms with E-state index >= 15 is 0 Å². The summed E-state index contributed by atoms with van der Waals surface area (Å²) in [6.45, 7) is 5.30. The second kappa shape index (κ2) is 8.06. The van der Waals surface area contributed by atoms with Gasteiger partial charge in [0.05, 0.1) is 5.69 Å². The van der Waals surface area contributed by atoms with Gasteiger partial charge in [-0.2, -0.15) is 5.10 Å². The van der Waals surface area contributed by atoms with Crippen LogP contribution in [-0.4, -0.2) is 32.4 Å². The minimum absolute atomic E-state index is 0.00856. The van der Waals surface area contributed by atoms with Crippen LogP contribution in [0.15, 0.2) is 28.0 Å². The molecular weight excluding hydrogens is 338 g/mol. The number of nitrogens with zero attached hydrogens (tertiary/aromatic N) is 4. The molecule has 0 unspecified atom stereocenters. The van der Waals surface area contributed by atoms with Crippen molar-refractivity contribution >= 4 is 17.2 Å². The van der Waals surface area contributed by atoms with E-state index in [1.54, 1.807) is 11.3 Å². The van der Waals surface area contributed by atoms with Gasteiger partial charge in [-0.1, -0.05) is 6.07 Å². The number of aryl methyl sites for hydroxylation is 3. The number of hydrogen-bond donors (Lipinski definition) is 1. The van der Waals surface area contributed by atoms with Crippen molar-refractivity contribution in [1.29, 1.82) is 0 Å². The zero-order valence-corrected chi connectivity index (χ0v) is 15.2.